The molecule has 1 N–H and O–H groups in total. The summed E-state index contributed by atoms with van der Waals surface area (Å²) in [7, 11) is 0. The van der Waals surface area contributed by atoms with E-state index >= 15 is 0 Å². The minimum absolute atomic E-state index is 0.0619. The number of amides is 1. The lowest BCUT2D eigenvalue weighted by Gasteiger charge is -2.36. The average Bonchev–Trinajstić information content (AvgIpc) is 2.39. The molecule has 3 nitrogen and oxygen atoms in total. The highest BCUT2D eigenvalue weighted by molar-refractivity contribution is 5.79. The maximum atomic E-state index is 11.7. The number of nitrogens with zero attached hydrogens (tertiary/aromatic N) is 1. The molecule has 2 atom stereocenters. The van der Waals surface area contributed by atoms with Crippen molar-refractivity contribution < 1.29 is 9.90 Å². The van der Waals surface area contributed by atoms with Gasteiger partial charge in [0.25, 0.3) is 0 Å². The number of hydrogen-bond donors (Lipinski definition) is 1. The predicted molar refractivity (Wildman–Crippen MR) is 52.3 cm³/mol. The van der Waals surface area contributed by atoms with Gasteiger partial charge in [-0.1, -0.05) is 5.92 Å². The highest BCUT2D eigenvalue weighted by Crippen LogP contribution is 2.35. The van der Waals surface area contributed by atoms with Crippen molar-refractivity contribution in [3.05, 3.63) is 0 Å². The van der Waals surface area contributed by atoms with Crippen molar-refractivity contribution in [3.63, 3.8) is 0 Å². The Hall–Kier alpha value is -1.01. The SMILES string of the molecule is C#CCC(=O)N1C2CCC1CC(O)C2. The van der Waals surface area contributed by atoms with Crippen molar-refractivity contribution in [2.45, 2.75) is 50.3 Å². The lowest BCUT2D eigenvalue weighted by molar-refractivity contribution is -0.136. The summed E-state index contributed by atoms with van der Waals surface area (Å²) in [4.78, 5) is 13.6. The first-order chi connectivity index (χ1) is 6.72. The number of aliphatic hydroxyl groups is 1. The fourth-order valence-electron chi connectivity index (χ4n) is 2.73. The first kappa shape index (κ1) is 9.54. The summed E-state index contributed by atoms with van der Waals surface area (Å²) in [6, 6.07) is 0.481. The summed E-state index contributed by atoms with van der Waals surface area (Å²) >= 11 is 0. The molecule has 0 aliphatic carbocycles. The van der Waals surface area contributed by atoms with Crippen LogP contribution in [0.25, 0.3) is 0 Å². The second kappa shape index (κ2) is 3.62. The van der Waals surface area contributed by atoms with Gasteiger partial charge in [0, 0.05) is 12.1 Å². The summed E-state index contributed by atoms with van der Waals surface area (Å²) in [6.45, 7) is 0. The van der Waals surface area contributed by atoms with E-state index in [1.165, 1.54) is 0 Å². The molecule has 76 valence electrons. The summed E-state index contributed by atoms with van der Waals surface area (Å²) in [5.41, 5.74) is 0. The van der Waals surface area contributed by atoms with Crippen LogP contribution in [0.3, 0.4) is 0 Å². The van der Waals surface area contributed by atoms with E-state index in [1.54, 1.807) is 0 Å². The molecule has 2 heterocycles. The number of hydrogen-bond acceptors (Lipinski definition) is 2. The van der Waals surface area contributed by atoms with Crippen LogP contribution < -0.4 is 0 Å². The Morgan fingerprint density at radius 3 is 2.50 bits per heavy atom. The van der Waals surface area contributed by atoms with E-state index in [4.69, 9.17) is 6.42 Å². The molecule has 1 amide bonds. The number of terminal acetylenes is 1. The fraction of sp³-hybridized carbons (Fsp3) is 0.727. The van der Waals surface area contributed by atoms with Gasteiger partial charge in [-0.2, -0.15) is 0 Å². The van der Waals surface area contributed by atoms with E-state index in [0.717, 1.165) is 25.7 Å². The molecule has 3 heteroatoms. The van der Waals surface area contributed by atoms with Gasteiger partial charge in [-0.25, -0.2) is 0 Å². The molecule has 2 bridgehead atoms. The number of fused-ring (bicyclic) bond motifs is 2. The Morgan fingerprint density at radius 1 is 1.43 bits per heavy atom. The van der Waals surface area contributed by atoms with E-state index in [1.807, 2.05) is 4.90 Å². The van der Waals surface area contributed by atoms with Gasteiger partial charge < -0.3 is 10.0 Å². The number of aliphatic hydroxyl groups excluding tert-OH is 1. The van der Waals surface area contributed by atoms with Crippen molar-refractivity contribution in [2.24, 2.45) is 0 Å². The molecule has 2 fully saturated rings. The van der Waals surface area contributed by atoms with Crippen molar-refractivity contribution in [3.8, 4) is 12.3 Å². The Bertz CT molecular complexity index is 268. The molecule has 0 aromatic rings. The van der Waals surface area contributed by atoms with E-state index in [2.05, 4.69) is 5.92 Å². The summed E-state index contributed by atoms with van der Waals surface area (Å²) in [5.74, 6) is 2.45. The quantitative estimate of drug-likeness (QED) is 0.617. The maximum absolute atomic E-state index is 11.7. The number of carbonyl (C=O) groups is 1. The second-order valence-corrected chi connectivity index (χ2v) is 4.19. The molecule has 0 aromatic carbocycles. The number of carbonyl (C=O) groups excluding carboxylic acids is 1. The van der Waals surface area contributed by atoms with Crippen LogP contribution in [-0.2, 0) is 4.79 Å². The molecular weight excluding hydrogens is 178 g/mol. The molecule has 2 saturated heterocycles. The van der Waals surface area contributed by atoms with Crippen LogP contribution in [0.1, 0.15) is 32.1 Å². The van der Waals surface area contributed by atoms with Crippen molar-refractivity contribution in [2.75, 3.05) is 0 Å². The molecule has 0 saturated carbocycles. The van der Waals surface area contributed by atoms with Gasteiger partial charge in [-0.05, 0) is 25.7 Å². The van der Waals surface area contributed by atoms with Crippen LogP contribution in [0.15, 0.2) is 0 Å². The fourth-order valence-corrected chi connectivity index (χ4v) is 2.73. The molecule has 2 aliphatic rings. The first-order valence-electron chi connectivity index (χ1n) is 5.15. The summed E-state index contributed by atoms with van der Waals surface area (Å²) in [6.07, 6.45) is 8.61. The Balaban J connectivity index is 2.08. The van der Waals surface area contributed by atoms with Crippen LogP contribution in [-0.4, -0.2) is 34.1 Å². The topological polar surface area (TPSA) is 40.5 Å². The zero-order valence-electron chi connectivity index (χ0n) is 8.15. The summed E-state index contributed by atoms with van der Waals surface area (Å²) in [5, 5.41) is 9.54. The van der Waals surface area contributed by atoms with Gasteiger partial charge in [0.1, 0.15) is 0 Å². The minimum atomic E-state index is -0.220. The van der Waals surface area contributed by atoms with E-state index < -0.39 is 0 Å². The lowest BCUT2D eigenvalue weighted by Crippen LogP contribution is -2.47. The zero-order valence-corrected chi connectivity index (χ0v) is 8.15. The highest BCUT2D eigenvalue weighted by atomic mass is 16.3. The largest absolute Gasteiger partial charge is 0.393 e. The standard InChI is InChI=1S/C11H15NO2/c1-2-3-11(14)12-8-4-5-9(12)7-10(13)6-8/h1,8-10,13H,3-7H2. The molecule has 0 spiro atoms. The third-order valence-electron chi connectivity index (χ3n) is 3.25. The van der Waals surface area contributed by atoms with Gasteiger partial charge in [0.2, 0.25) is 5.91 Å². The van der Waals surface area contributed by atoms with E-state index in [0.29, 0.717) is 0 Å². The smallest absolute Gasteiger partial charge is 0.235 e. The van der Waals surface area contributed by atoms with Crippen LogP contribution in [0.2, 0.25) is 0 Å². The number of rotatable bonds is 1. The normalized spacial score (nSPS) is 35.4. The van der Waals surface area contributed by atoms with Crippen molar-refractivity contribution >= 4 is 5.91 Å². The predicted octanol–water partition coefficient (Wildman–Crippen LogP) is 0.524. The Labute approximate surface area is 84.1 Å². The molecule has 0 aromatic heterocycles. The Morgan fingerprint density at radius 2 is 2.00 bits per heavy atom. The number of piperidine rings is 1. The zero-order chi connectivity index (χ0) is 10.1. The van der Waals surface area contributed by atoms with Gasteiger partial charge >= 0.3 is 0 Å². The van der Waals surface area contributed by atoms with Crippen LogP contribution in [0.4, 0.5) is 0 Å². The molecule has 2 rings (SSSR count). The Kier molecular flexibility index (Phi) is 2.47. The van der Waals surface area contributed by atoms with Crippen molar-refractivity contribution in [1.82, 2.24) is 4.90 Å². The molecule has 2 aliphatic heterocycles. The third-order valence-corrected chi connectivity index (χ3v) is 3.25. The van der Waals surface area contributed by atoms with Gasteiger partial charge in [0.15, 0.2) is 0 Å². The average molecular weight is 193 g/mol. The molecular formula is C11H15NO2. The maximum Gasteiger partial charge on any atom is 0.235 e. The minimum Gasteiger partial charge on any atom is -0.393 e. The van der Waals surface area contributed by atoms with Crippen molar-refractivity contribution in [1.29, 1.82) is 0 Å². The van der Waals surface area contributed by atoms with Crippen LogP contribution in [0, 0.1) is 12.3 Å². The van der Waals surface area contributed by atoms with Crippen LogP contribution in [0.5, 0.6) is 0 Å². The van der Waals surface area contributed by atoms with Gasteiger partial charge in [-0.15, -0.1) is 6.42 Å². The van der Waals surface area contributed by atoms with Gasteiger partial charge in [0.05, 0.1) is 12.5 Å². The lowest BCUT2D eigenvalue weighted by atomic mass is 9.99. The van der Waals surface area contributed by atoms with E-state index in [9.17, 15) is 9.90 Å². The molecule has 2 unspecified atom stereocenters. The van der Waals surface area contributed by atoms with Gasteiger partial charge in [-0.3, -0.25) is 4.79 Å². The summed E-state index contributed by atoms with van der Waals surface area (Å²) < 4.78 is 0. The van der Waals surface area contributed by atoms with Crippen LogP contribution >= 0.6 is 0 Å². The second-order valence-electron chi connectivity index (χ2n) is 4.19. The monoisotopic (exact) mass is 193 g/mol. The molecule has 0 radical (unpaired) electrons. The first-order valence-corrected chi connectivity index (χ1v) is 5.15. The highest BCUT2D eigenvalue weighted by Gasteiger charge is 2.42. The third kappa shape index (κ3) is 1.51. The van der Waals surface area contributed by atoms with E-state index in [-0.39, 0.29) is 30.5 Å². The molecule has 14 heavy (non-hydrogen) atoms.